The summed E-state index contributed by atoms with van der Waals surface area (Å²) in [5, 5.41) is 7.43. The first-order chi connectivity index (χ1) is 6.75. The monoisotopic (exact) mass is 191 g/mol. The molecule has 1 fully saturated rings. The summed E-state index contributed by atoms with van der Waals surface area (Å²) in [6.45, 7) is 3.64. The van der Waals surface area contributed by atoms with Crippen LogP contribution in [0.25, 0.3) is 0 Å². The second-order valence-corrected chi connectivity index (χ2v) is 4.21. The van der Waals surface area contributed by atoms with Gasteiger partial charge in [0.15, 0.2) is 0 Å². The van der Waals surface area contributed by atoms with Gasteiger partial charge in [-0.3, -0.25) is 9.48 Å². The van der Waals surface area contributed by atoms with Crippen molar-refractivity contribution in [3.05, 3.63) is 17.5 Å². The van der Waals surface area contributed by atoms with Crippen molar-refractivity contribution in [2.75, 3.05) is 6.54 Å². The Morgan fingerprint density at radius 2 is 2.43 bits per heavy atom. The molecule has 1 N–H and O–H groups in total. The van der Waals surface area contributed by atoms with Gasteiger partial charge in [0, 0.05) is 24.7 Å². The van der Waals surface area contributed by atoms with Crippen molar-refractivity contribution >= 4 is 5.91 Å². The lowest BCUT2D eigenvalue weighted by atomic mass is 9.95. The number of aromatic nitrogens is 2. The third kappa shape index (κ3) is 0.882. The van der Waals surface area contributed by atoms with E-state index in [0.717, 1.165) is 24.3 Å². The van der Waals surface area contributed by atoms with Gasteiger partial charge >= 0.3 is 0 Å². The summed E-state index contributed by atoms with van der Waals surface area (Å²) in [4.78, 5) is 11.6. The van der Waals surface area contributed by atoms with Crippen molar-refractivity contribution in [1.29, 1.82) is 0 Å². The molecule has 2 aliphatic rings. The average Bonchev–Trinajstić information content (AvgIpc) is 2.82. The SMILES string of the molecule is CCn1cc2c(n1)C1(CC1)CNC2=O. The maximum absolute atomic E-state index is 11.6. The van der Waals surface area contributed by atoms with Gasteiger partial charge in [0.2, 0.25) is 0 Å². The Morgan fingerprint density at radius 1 is 1.64 bits per heavy atom. The number of nitrogens with zero attached hydrogens (tertiary/aromatic N) is 2. The molecule has 1 aromatic rings. The summed E-state index contributed by atoms with van der Waals surface area (Å²) in [5.74, 6) is 0.0391. The van der Waals surface area contributed by atoms with Crippen molar-refractivity contribution in [2.45, 2.75) is 31.7 Å². The molecule has 2 heterocycles. The number of aryl methyl sites for hydroxylation is 1. The first-order valence-electron chi connectivity index (χ1n) is 5.11. The van der Waals surface area contributed by atoms with Gasteiger partial charge in [-0.05, 0) is 19.8 Å². The van der Waals surface area contributed by atoms with Gasteiger partial charge in [-0.2, -0.15) is 5.10 Å². The van der Waals surface area contributed by atoms with E-state index in [9.17, 15) is 4.79 Å². The zero-order valence-electron chi connectivity index (χ0n) is 8.21. The van der Waals surface area contributed by atoms with E-state index in [0.29, 0.717) is 0 Å². The Balaban J connectivity index is 2.14. The predicted molar refractivity (Wildman–Crippen MR) is 51.1 cm³/mol. The smallest absolute Gasteiger partial charge is 0.254 e. The van der Waals surface area contributed by atoms with E-state index in [1.54, 1.807) is 0 Å². The number of fused-ring (bicyclic) bond motifs is 2. The topological polar surface area (TPSA) is 46.9 Å². The fourth-order valence-electron chi connectivity index (χ4n) is 2.13. The van der Waals surface area contributed by atoms with Crippen LogP contribution >= 0.6 is 0 Å². The molecule has 74 valence electrons. The number of carbonyl (C=O) groups excluding carboxylic acids is 1. The van der Waals surface area contributed by atoms with Crippen LogP contribution in [0.5, 0.6) is 0 Å². The highest BCUT2D eigenvalue weighted by molar-refractivity contribution is 5.97. The molecule has 0 atom stereocenters. The summed E-state index contributed by atoms with van der Waals surface area (Å²) in [6, 6.07) is 0. The van der Waals surface area contributed by atoms with E-state index >= 15 is 0 Å². The van der Waals surface area contributed by atoms with E-state index in [1.807, 2.05) is 17.8 Å². The van der Waals surface area contributed by atoms with Crippen LogP contribution in [0.1, 0.15) is 35.8 Å². The molecule has 0 saturated heterocycles. The Kier molecular flexibility index (Phi) is 1.36. The maximum Gasteiger partial charge on any atom is 0.254 e. The molecule has 0 unspecified atom stereocenters. The number of nitrogens with one attached hydrogen (secondary N) is 1. The molecule has 0 aromatic carbocycles. The van der Waals surface area contributed by atoms with Crippen molar-refractivity contribution < 1.29 is 4.79 Å². The second kappa shape index (κ2) is 2.38. The molecule has 1 aromatic heterocycles. The molecule has 1 amide bonds. The lowest BCUT2D eigenvalue weighted by Crippen LogP contribution is -2.38. The Labute approximate surface area is 82.3 Å². The van der Waals surface area contributed by atoms with Gasteiger partial charge in [-0.15, -0.1) is 0 Å². The molecule has 1 aliphatic heterocycles. The van der Waals surface area contributed by atoms with Crippen LogP contribution in [0.15, 0.2) is 6.20 Å². The molecule has 1 spiro atoms. The van der Waals surface area contributed by atoms with E-state index < -0.39 is 0 Å². The van der Waals surface area contributed by atoms with Crippen LogP contribution in [-0.2, 0) is 12.0 Å². The Bertz CT molecular complexity index is 403. The minimum Gasteiger partial charge on any atom is -0.351 e. The van der Waals surface area contributed by atoms with Gasteiger partial charge < -0.3 is 5.32 Å². The summed E-state index contributed by atoms with van der Waals surface area (Å²) >= 11 is 0. The molecule has 0 bridgehead atoms. The van der Waals surface area contributed by atoms with Crippen LogP contribution in [0.2, 0.25) is 0 Å². The number of carbonyl (C=O) groups is 1. The van der Waals surface area contributed by atoms with Crippen LogP contribution in [-0.4, -0.2) is 22.2 Å². The van der Waals surface area contributed by atoms with Crippen LogP contribution < -0.4 is 5.32 Å². The van der Waals surface area contributed by atoms with E-state index in [2.05, 4.69) is 10.4 Å². The minimum absolute atomic E-state index is 0.0391. The van der Waals surface area contributed by atoms with E-state index in [-0.39, 0.29) is 11.3 Å². The average molecular weight is 191 g/mol. The summed E-state index contributed by atoms with van der Waals surface area (Å²) in [6.07, 6.45) is 4.20. The zero-order valence-corrected chi connectivity index (χ0v) is 8.21. The number of amides is 1. The first-order valence-corrected chi connectivity index (χ1v) is 5.11. The normalized spacial score (nSPS) is 21.9. The van der Waals surface area contributed by atoms with Crippen LogP contribution in [0.3, 0.4) is 0 Å². The summed E-state index contributed by atoms with van der Waals surface area (Å²) in [7, 11) is 0. The second-order valence-electron chi connectivity index (χ2n) is 4.21. The fraction of sp³-hybridized carbons (Fsp3) is 0.600. The molecule has 14 heavy (non-hydrogen) atoms. The van der Waals surface area contributed by atoms with Crippen molar-refractivity contribution in [3.8, 4) is 0 Å². The van der Waals surface area contributed by atoms with E-state index in [1.165, 1.54) is 12.8 Å². The number of rotatable bonds is 1. The van der Waals surface area contributed by atoms with Crippen molar-refractivity contribution in [3.63, 3.8) is 0 Å². The molecular weight excluding hydrogens is 178 g/mol. The van der Waals surface area contributed by atoms with Crippen molar-refractivity contribution in [2.24, 2.45) is 0 Å². The van der Waals surface area contributed by atoms with Gasteiger partial charge in [-0.25, -0.2) is 0 Å². The van der Waals surface area contributed by atoms with Crippen LogP contribution in [0.4, 0.5) is 0 Å². The molecular formula is C10H13N3O. The molecule has 3 rings (SSSR count). The largest absolute Gasteiger partial charge is 0.351 e. The molecule has 1 aliphatic carbocycles. The highest BCUT2D eigenvalue weighted by atomic mass is 16.1. The Morgan fingerprint density at radius 3 is 3.07 bits per heavy atom. The van der Waals surface area contributed by atoms with Gasteiger partial charge in [-0.1, -0.05) is 0 Å². The summed E-state index contributed by atoms with van der Waals surface area (Å²) < 4.78 is 1.86. The maximum atomic E-state index is 11.6. The highest BCUT2D eigenvalue weighted by Crippen LogP contribution is 2.49. The van der Waals surface area contributed by atoms with Gasteiger partial charge in [0.05, 0.1) is 11.3 Å². The van der Waals surface area contributed by atoms with E-state index in [4.69, 9.17) is 0 Å². The quantitative estimate of drug-likeness (QED) is 0.709. The fourth-order valence-corrected chi connectivity index (χ4v) is 2.13. The molecule has 4 heteroatoms. The zero-order chi connectivity index (χ0) is 9.76. The predicted octanol–water partition coefficient (Wildman–Crippen LogP) is 0.678. The van der Waals surface area contributed by atoms with Crippen molar-refractivity contribution in [1.82, 2.24) is 15.1 Å². The lowest BCUT2D eigenvalue weighted by Gasteiger charge is -2.20. The Hall–Kier alpha value is -1.32. The third-order valence-corrected chi connectivity index (χ3v) is 3.27. The van der Waals surface area contributed by atoms with Gasteiger partial charge in [0.1, 0.15) is 0 Å². The lowest BCUT2D eigenvalue weighted by molar-refractivity contribution is 0.0937. The number of hydrogen-bond acceptors (Lipinski definition) is 2. The van der Waals surface area contributed by atoms with Crippen LogP contribution in [0, 0.1) is 0 Å². The third-order valence-electron chi connectivity index (χ3n) is 3.27. The highest BCUT2D eigenvalue weighted by Gasteiger charge is 2.51. The minimum atomic E-state index is 0.0391. The standard InChI is InChI=1S/C10H13N3O/c1-2-13-5-7-8(12-13)10(3-4-10)6-11-9(7)14/h5H,2-4,6H2,1H3,(H,11,14). The molecule has 0 radical (unpaired) electrons. The van der Waals surface area contributed by atoms with Gasteiger partial charge in [0.25, 0.3) is 5.91 Å². The number of hydrogen-bond donors (Lipinski definition) is 1. The molecule has 4 nitrogen and oxygen atoms in total. The first kappa shape index (κ1) is 8.03. The molecule has 1 saturated carbocycles. The summed E-state index contributed by atoms with van der Waals surface area (Å²) in [5.41, 5.74) is 2.02.